The van der Waals surface area contributed by atoms with Crippen LogP contribution in [0, 0.1) is 5.92 Å². The highest BCUT2D eigenvalue weighted by Crippen LogP contribution is 2.20. The van der Waals surface area contributed by atoms with Crippen LogP contribution in [0.4, 0.5) is 4.79 Å². The topological polar surface area (TPSA) is 61.9 Å². The van der Waals surface area contributed by atoms with Gasteiger partial charge in [-0.2, -0.15) is 0 Å². The van der Waals surface area contributed by atoms with Gasteiger partial charge in [-0.15, -0.1) is 0 Å². The lowest BCUT2D eigenvalue weighted by Crippen LogP contribution is -2.48. The van der Waals surface area contributed by atoms with E-state index in [4.69, 9.17) is 4.74 Å². The zero-order valence-corrected chi connectivity index (χ0v) is 18.5. The first-order chi connectivity index (χ1) is 15.1. The largest absolute Gasteiger partial charge is 0.489 e. The van der Waals surface area contributed by atoms with Crippen LogP contribution in [0.2, 0.25) is 0 Å². The summed E-state index contributed by atoms with van der Waals surface area (Å²) in [6.45, 7) is 7.61. The molecule has 0 aromatic heterocycles. The monoisotopic (exact) mass is 423 g/mol. The number of urea groups is 1. The molecule has 0 radical (unpaired) electrons. The summed E-state index contributed by atoms with van der Waals surface area (Å²) in [4.78, 5) is 28.9. The van der Waals surface area contributed by atoms with E-state index >= 15 is 0 Å². The van der Waals surface area contributed by atoms with Gasteiger partial charge in [-0.1, -0.05) is 42.5 Å². The molecule has 6 heteroatoms. The second-order valence-electron chi connectivity index (χ2n) is 7.80. The molecule has 31 heavy (non-hydrogen) atoms. The summed E-state index contributed by atoms with van der Waals surface area (Å²) in [6.07, 6.45) is 1.41. The van der Waals surface area contributed by atoms with Crippen molar-refractivity contribution in [1.29, 1.82) is 0 Å². The summed E-state index contributed by atoms with van der Waals surface area (Å²) in [5.41, 5.74) is 2.12. The highest BCUT2D eigenvalue weighted by atomic mass is 16.5. The lowest BCUT2D eigenvalue weighted by Gasteiger charge is -2.34. The molecule has 1 aliphatic heterocycles. The molecule has 1 N–H and O–H groups in total. The summed E-state index contributed by atoms with van der Waals surface area (Å²) in [6, 6.07) is 17.8. The van der Waals surface area contributed by atoms with Crippen molar-refractivity contribution in [2.75, 3.05) is 26.2 Å². The first kappa shape index (κ1) is 22.7. The second-order valence-corrected chi connectivity index (χ2v) is 7.80. The molecular weight excluding hydrogens is 390 g/mol. The van der Waals surface area contributed by atoms with Crippen LogP contribution in [0.3, 0.4) is 0 Å². The van der Waals surface area contributed by atoms with Gasteiger partial charge in [-0.3, -0.25) is 4.79 Å². The van der Waals surface area contributed by atoms with Crippen LogP contribution in [-0.2, 0) is 17.9 Å². The van der Waals surface area contributed by atoms with Crippen LogP contribution >= 0.6 is 0 Å². The lowest BCUT2D eigenvalue weighted by molar-refractivity contribution is -0.126. The quantitative estimate of drug-likeness (QED) is 0.697. The van der Waals surface area contributed by atoms with Crippen LogP contribution in [0.15, 0.2) is 54.6 Å². The number of ether oxygens (including phenoxy) is 1. The molecule has 3 amide bonds. The first-order valence-corrected chi connectivity index (χ1v) is 11.2. The number of rotatable bonds is 8. The fourth-order valence-electron chi connectivity index (χ4n) is 3.90. The molecule has 6 nitrogen and oxygen atoms in total. The van der Waals surface area contributed by atoms with Crippen molar-refractivity contribution in [3.63, 3.8) is 0 Å². The van der Waals surface area contributed by atoms with Crippen molar-refractivity contribution >= 4 is 11.9 Å². The average Bonchev–Trinajstić information content (AvgIpc) is 2.83. The Labute approximate surface area is 185 Å². The summed E-state index contributed by atoms with van der Waals surface area (Å²) in [5.74, 6) is 0.842. The third-order valence-corrected chi connectivity index (χ3v) is 5.88. The van der Waals surface area contributed by atoms with E-state index < -0.39 is 0 Å². The Hall–Kier alpha value is -3.02. The Morgan fingerprint density at radius 2 is 1.58 bits per heavy atom. The van der Waals surface area contributed by atoms with Gasteiger partial charge in [0.05, 0.1) is 0 Å². The van der Waals surface area contributed by atoms with Crippen molar-refractivity contribution in [2.24, 2.45) is 5.92 Å². The predicted molar refractivity (Wildman–Crippen MR) is 122 cm³/mol. The Morgan fingerprint density at radius 3 is 2.23 bits per heavy atom. The van der Waals surface area contributed by atoms with Gasteiger partial charge in [0, 0.05) is 38.6 Å². The normalized spacial score (nSPS) is 14.2. The van der Waals surface area contributed by atoms with Gasteiger partial charge in [-0.25, -0.2) is 4.79 Å². The van der Waals surface area contributed by atoms with Gasteiger partial charge in [0.2, 0.25) is 5.91 Å². The van der Waals surface area contributed by atoms with Crippen molar-refractivity contribution in [3.8, 4) is 5.75 Å². The van der Waals surface area contributed by atoms with Gasteiger partial charge in [-0.05, 0) is 49.9 Å². The van der Waals surface area contributed by atoms with E-state index in [1.54, 1.807) is 0 Å². The highest BCUT2D eigenvalue weighted by Gasteiger charge is 2.28. The number of piperidine rings is 1. The third kappa shape index (κ3) is 6.23. The van der Waals surface area contributed by atoms with Crippen LogP contribution in [0.1, 0.15) is 37.8 Å². The number of nitrogens with zero attached hydrogens (tertiary/aromatic N) is 2. The Balaban J connectivity index is 1.48. The SMILES string of the molecule is CCN(CC)C(=O)N1CCC(C(=O)NCc2ccccc2COc2ccccc2)CC1. The molecule has 1 aliphatic rings. The van der Waals surface area contributed by atoms with Crippen LogP contribution < -0.4 is 10.1 Å². The first-order valence-electron chi connectivity index (χ1n) is 11.2. The van der Waals surface area contributed by atoms with Gasteiger partial charge >= 0.3 is 6.03 Å². The average molecular weight is 424 g/mol. The molecule has 1 heterocycles. The molecular formula is C25H33N3O3. The van der Waals surface area contributed by atoms with E-state index in [2.05, 4.69) is 5.32 Å². The summed E-state index contributed by atoms with van der Waals surface area (Å²) in [7, 11) is 0. The van der Waals surface area contributed by atoms with Gasteiger partial charge in [0.1, 0.15) is 12.4 Å². The molecule has 2 aromatic rings. The molecule has 0 spiro atoms. The van der Waals surface area contributed by atoms with E-state index in [1.807, 2.05) is 78.2 Å². The van der Waals surface area contributed by atoms with Crippen molar-refractivity contribution in [2.45, 2.75) is 39.8 Å². The number of amides is 3. The van der Waals surface area contributed by atoms with Crippen molar-refractivity contribution in [3.05, 3.63) is 65.7 Å². The van der Waals surface area contributed by atoms with Crippen LogP contribution in [0.25, 0.3) is 0 Å². The molecule has 2 aromatic carbocycles. The Morgan fingerprint density at radius 1 is 0.968 bits per heavy atom. The molecule has 0 bridgehead atoms. The molecule has 0 saturated carbocycles. The van der Waals surface area contributed by atoms with Crippen molar-refractivity contribution < 1.29 is 14.3 Å². The van der Waals surface area contributed by atoms with E-state index in [9.17, 15) is 9.59 Å². The zero-order chi connectivity index (χ0) is 22.1. The maximum absolute atomic E-state index is 12.7. The number of carbonyl (C=O) groups excluding carboxylic acids is 2. The van der Waals surface area contributed by atoms with Crippen molar-refractivity contribution in [1.82, 2.24) is 15.1 Å². The number of nitrogens with one attached hydrogen (secondary N) is 1. The summed E-state index contributed by atoms with van der Waals surface area (Å²) < 4.78 is 5.87. The predicted octanol–water partition coefficient (Wildman–Crippen LogP) is 4.06. The van der Waals surface area contributed by atoms with Crippen LogP contribution in [0.5, 0.6) is 5.75 Å². The molecule has 1 saturated heterocycles. The summed E-state index contributed by atoms with van der Waals surface area (Å²) >= 11 is 0. The maximum atomic E-state index is 12.7. The summed E-state index contributed by atoms with van der Waals surface area (Å²) in [5, 5.41) is 3.09. The number of para-hydroxylation sites is 1. The van der Waals surface area contributed by atoms with Gasteiger partial charge in [0.25, 0.3) is 0 Å². The van der Waals surface area contributed by atoms with E-state index in [1.165, 1.54) is 0 Å². The smallest absolute Gasteiger partial charge is 0.319 e. The second kappa shape index (κ2) is 11.4. The third-order valence-electron chi connectivity index (χ3n) is 5.88. The van der Waals surface area contributed by atoms with Gasteiger partial charge < -0.3 is 19.9 Å². The molecule has 0 aliphatic carbocycles. The number of hydrogen-bond acceptors (Lipinski definition) is 3. The lowest BCUT2D eigenvalue weighted by atomic mass is 9.96. The minimum atomic E-state index is -0.0477. The number of carbonyl (C=O) groups is 2. The maximum Gasteiger partial charge on any atom is 0.319 e. The zero-order valence-electron chi connectivity index (χ0n) is 18.5. The van der Waals surface area contributed by atoms with Gasteiger partial charge in [0.15, 0.2) is 0 Å². The minimum absolute atomic E-state index is 0.0477. The van der Waals surface area contributed by atoms with E-state index in [0.29, 0.717) is 52.2 Å². The molecule has 3 rings (SSSR count). The standard InChI is InChI=1S/C25H33N3O3/c1-3-27(4-2)25(30)28-16-14-20(15-17-28)24(29)26-18-21-10-8-9-11-22(21)19-31-23-12-6-5-7-13-23/h5-13,20H,3-4,14-19H2,1-2H3,(H,26,29). The Kier molecular flexibility index (Phi) is 8.33. The van der Waals surface area contributed by atoms with Crippen LogP contribution in [-0.4, -0.2) is 47.9 Å². The number of hydrogen-bond donors (Lipinski definition) is 1. The minimum Gasteiger partial charge on any atom is -0.489 e. The fourth-order valence-corrected chi connectivity index (χ4v) is 3.90. The highest BCUT2D eigenvalue weighted by molar-refractivity contribution is 5.79. The van der Waals surface area contributed by atoms with E-state index in [-0.39, 0.29) is 17.9 Å². The van der Waals surface area contributed by atoms with E-state index in [0.717, 1.165) is 16.9 Å². The Bertz CT molecular complexity index is 844. The molecule has 0 unspecified atom stereocenters. The fraction of sp³-hybridized carbons (Fsp3) is 0.440. The molecule has 0 atom stereocenters. The number of benzene rings is 2. The molecule has 166 valence electrons. The molecule has 1 fully saturated rings. The number of likely N-dealkylation sites (tertiary alicyclic amines) is 1.